The van der Waals surface area contributed by atoms with Crippen molar-refractivity contribution in [2.45, 2.75) is 32.6 Å². The van der Waals surface area contributed by atoms with E-state index in [1.807, 2.05) is 64.1 Å². The molecule has 0 aliphatic rings. The van der Waals surface area contributed by atoms with E-state index in [0.29, 0.717) is 17.2 Å². The molecule has 0 saturated carbocycles. The van der Waals surface area contributed by atoms with Crippen LogP contribution in [0, 0.1) is 13.8 Å². The molecule has 4 aromatic rings. The van der Waals surface area contributed by atoms with Crippen molar-refractivity contribution in [1.29, 1.82) is 0 Å². The van der Waals surface area contributed by atoms with Gasteiger partial charge in [-0.25, -0.2) is 9.97 Å². The molecule has 2 aromatic heterocycles. The minimum absolute atomic E-state index is 0.0765. The second-order valence-electron chi connectivity index (χ2n) is 6.86. The van der Waals surface area contributed by atoms with Gasteiger partial charge in [0.25, 0.3) is 5.91 Å². The third kappa shape index (κ3) is 6.33. The summed E-state index contributed by atoms with van der Waals surface area (Å²) in [7, 11) is 0. The molecule has 2 aromatic carbocycles. The smallest absolute Gasteiger partial charge is 0.278 e. The summed E-state index contributed by atoms with van der Waals surface area (Å²) in [5.74, 6) is 1.03. The lowest BCUT2D eigenvalue weighted by molar-refractivity contribution is 0.102. The van der Waals surface area contributed by atoms with E-state index in [1.165, 1.54) is 11.9 Å². The number of hydrogen-bond donors (Lipinski definition) is 3. The average Bonchev–Trinajstić information content (AvgIpc) is 3.26. The van der Waals surface area contributed by atoms with Gasteiger partial charge in [0.05, 0.1) is 11.9 Å². The summed E-state index contributed by atoms with van der Waals surface area (Å²) in [6.07, 6.45) is 1.56. The third-order valence-electron chi connectivity index (χ3n) is 4.38. The first-order valence-electron chi connectivity index (χ1n) is 10.4. The quantitative estimate of drug-likeness (QED) is 0.311. The number of rotatable bonds is 6. The number of nitrogens with two attached hydrogens (primary N) is 1. The Hall–Kier alpha value is -3.85. The Balaban J connectivity index is 0.00000149. The molecular formula is C24H26N6O2S. The topological polar surface area (TPSA) is 119 Å². The van der Waals surface area contributed by atoms with Crippen molar-refractivity contribution in [1.82, 2.24) is 15.1 Å². The molecule has 0 aliphatic carbocycles. The molecule has 0 atom stereocenters. The van der Waals surface area contributed by atoms with Gasteiger partial charge < -0.3 is 20.3 Å². The third-order valence-corrected chi connectivity index (χ3v) is 5.20. The van der Waals surface area contributed by atoms with Gasteiger partial charge in [-0.1, -0.05) is 48.8 Å². The molecule has 0 unspecified atom stereocenters. The first kappa shape index (κ1) is 23.8. The van der Waals surface area contributed by atoms with Crippen LogP contribution in [-0.4, -0.2) is 21.0 Å². The maximum Gasteiger partial charge on any atom is 0.278 e. The van der Waals surface area contributed by atoms with Crippen molar-refractivity contribution in [2.24, 2.45) is 0 Å². The molecule has 8 nitrogen and oxygen atoms in total. The molecule has 0 spiro atoms. The summed E-state index contributed by atoms with van der Waals surface area (Å²) in [6, 6.07) is 17.0. The molecule has 0 fully saturated rings. The highest BCUT2D eigenvalue weighted by Gasteiger charge is 2.15. The van der Waals surface area contributed by atoms with Crippen molar-refractivity contribution >= 4 is 35.2 Å². The van der Waals surface area contributed by atoms with Gasteiger partial charge in [-0.3, -0.25) is 4.79 Å². The summed E-state index contributed by atoms with van der Waals surface area (Å²) in [6.45, 7) is 7.83. The van der Waals surface area contributed by atoms with Gasteiger partial charge in [0, 0.05) is 22.2 Å². The molecule has 1 amide bonds. The molecule has 4 N–H and O–H groups in total. The normalized spacial score (nSPS) is 10.2. The molecule has 4 rings (SSSR count). The Kier molecular flexibility index (Phi) is 8.04. The lowest BCUT2D eigenvalue weighted by atomic mass is 10.1. The first-order valence-corrected chi connectivity index (χ1v) is 11.3. The van der Waals surface area contributed by atoms with E-state index in [-0.39, 0.29) is 11.5 Å². The van der Waals surface area contributed by atoms with E-state index < -0.39 is 5.91 Å². The summed E-state index contributed by atoms with van der Waals surface area (Å²) in [4.78, 5) is 22.2. The van der Waals surface area contributed by atoms with Gasteiger partial charge in [-0.2, -0.15) is 0 Å². The predicted molar refractivity (Wildman–Crippen MR) is 133 cm³/mol. The van der Waals surface area contributed by atoms with Crippen LogP contribution in [-0.2, 0) is 0 Å². The van der Waals surface area contributed by atoms with Crippen LogP contribution in [0.1, 0.15) is 35.7 Å². The fourth-order valence-electron chi connectivity index (χ4n) is 2.75. The number of amides is 1. The second-order valence-corrected chi connectivity index (χ2v) is 7.74. The monoisotopic (exact) mass is 462 g/mol. The molecular weight excluding hydrogens is 436 g/mol. The Labute approximate surface area is 197 Å². The number of aromatic nitrogens is 3. The van der Waals surface area contributed by atoms with Gasteiger partial charge in [0.2, 0.25) is 0 Å². The maximum atomic E-state index is 12.7. The molecule has 0 bridgehead atoms. The highest BCUT2D eigenvalue weighted by atomic mass is 32.2. The van der Waals surface area contributed by atoms with Crippen LogP contribution in [0.15, 0.2) is 70.2 Å². The van der Waals surface area contributed by atoms with E-state index in [4.69, 9.17) is 10.3 Å². The molecule has 170 valence electrons. The van der Waals surface area contributed by atoms with Gasteiger partial charge in [-0.15, -0.1) is 0 Å². The minimum atomic E-state index is -0.421. The minimum Gasteiger partial charge on any atom is -0.382 e. The Morgan fingerprint density at radius 2 is 1.73 bits per heavy atom. The highest BCUT2D eigenvalue weighted by molar-refractivity contribution is 8.00. The fraction of sp³-hybridized carbons (Fsp3) is 0.167. The Morgan fingerprint density at radius 3 is 2.36 bits per heavy atom. The highest BCUT2D eigenvalue weighted by Crippen LogP contribution is 2.23. The van der Waals surface area contributed by atoms with E-state index in [1.54, 1.807) is 24.4 Å². The van der Waals surface area contributed by atoms with Crippen molar-refractivity contribution in [3.63, 3.8) is 0 Å². The first-order chi connectivity index (χ1) is 16.0. The zero-order valence-electron chi connectivity index (χ0n) is 18.9. The summed E-state index contributed by atoms with van der Waals surface area (Å²) in [5, 5.41) is 6.69. The number of nitrogen functional groups attached to an aromatic ring is 1. The van der Waals surface area contributed by atoms with Crippen molar-refractivity contribution in [2.75, 3.05) is 15.8 Å². The Bertz CT molecular complexity index is 1210. The van der Waals surface area contributed by atoms with Crippen LogP contribution in [0.2, 0.25) is 0 Å². The number of carbonyl (C=O) groups excluding carboxylic acids is 1. The second kappa shape index (κ2) is 11.1. The van der Waals surface area contributed by atoms with Crippen LogP contribution in [0.25, 0.3) is 11.3 Å². The number of nitrogens with one attached hydrogen (secondary N) is 2. The maximum absolute atomic E-state index is 12.7. The van der Waals surface area contributed by atoms with Crippen LogP contribution in [0.5, 0.6) is 0 Å². The molecule has 0 aliphatic heterocycles. The average molecular weight is 463 g/mol. The SMILES string of the molecule is CC.Cc1ccc(-c2cnc(N)c(C(=O)Nc3ccc(SNc4cc(C)on4)cc3)n2)cc1. The molecule has 2 heterocycles. The van der Waals surface area contributed by atoms with Gasteiger partial charge in [0.15, 0.2) is 17.3 Å². The summed E-state index contributed by atoms with van der Waals surface area (Å²) >= 11 is 1.39. The molecule has 9 heteroatoms. The number of carbonyl (C=O) groups is 1. The summed E-state index contributed by atoms with van der Waals surface area (Å²) in [5.41, 5.74) is 9.19. The van der Waals surface area contributed by atoms with Gasteiger partial charge >= 0.3 is 0 Å². The van der Waals surface area contributed by atoms with Gasteiger partial charge in [-0.05, 0) is 50.1 Å². The van der Waals surface area contributed by atoms with Crippen molar-refractivity contribution < 1.29 is 9.32 Å². The van der Waals surface area contributed by atoms with Gasteiger partial charge in [0.1, 0.15) is 5.76 Å². The predicted octanol–water partition coefficient (Wildman–Crippen LogP) is 5.73. The summed E-state index contributed by atoms with van der Waals surface area (Å²) < 4.78 is 8.10. The van der Waals surface area contributed by atoms with Crippen LogP contribution in [0.3, 0.4) is 0 Å². The van der Waals surface area contributed by atoms with E-state index in [9.17, 15) is 4.79 Å². The standard InChI is InChI=1S/C22H20N6O2S.C2H6/c1-13-3-5-15(6-4-13)18-12-24-21(23)20(26-18)22(29)25-16-7-9-17(10-8-16)31-28-19-11-14(2)30-27-19;1-2/h3-12H,1-2H3,(H2,23,24)(H,25,29)(H,27,28);1-2H3. The van der Waals surface area contributed by atoms with Crippen LogP contribution >= 0.6 is 11.9 Å². The fourth-order valence-corrected chi connectivity index (χ4v) is 3.34. The zero-order chi connectivity index (χ0) is 23.8. The van der Waals surface area contributed by atoms with Crippen LogP contribution in [0.4, 0.5) is 17.3 Å². The van der Waals surface area contributed by atoms with Crippen LogP contribution < -0.4 is 15.8 Å². The van der Waals surface area contributed by atoms with E-state index >= 15 is 0 Å². The number of benzene rings is 2. The number of anilines is 3. The van der Waals surface area contributed by atoms with E-state index in [0.717, 1.165) is 21.8 Å². The number of nitrogens with zero attached hydrogens (tertiary/aromatic N) is 3. The Morgan fingerprint density at radius 1 is 1.03 bits per heavy atom. The molecule has 0 saturated heterocycles. The molecule has 33 heavy (non-hydrogen) atoms. The largest absolute Gasteiger partial charge is 0.382 e. The lowest BCUT2D eigenvalue weighted by Gasteiger charge is -2.09. The van der Waals surface area contributed by atoms with Crippen molar-refractivity contribution in [3.8, 4) is 11.3 Å². The molecule has 0 radical (unpaired) electrons. The number of hydrogen-bond acceptors (Lipinski definition) is 8. The zero-order valence-corrected chi connectivity index (χ0v) is 19.7. The lowest BCUT2D eigenvalue weighted by Crippen LogP contribution is -2.17. The van der Waals surface area contributed by atoms with E-state index in [2.05, 4.69) is 25.2 Å². The number of aryl methyl sites for hydroxylation is 2. The van der Waals surface area contributed by atoms with Crippen molar-refractivity contribution in [3.05, 3.63) is 77.8 Å².